The van der Waals surface area contributed by atoms with Crippen LogP contribution in [0, 0.1) is 6.92 Å². The second-order valence-electron chi connectivity index (χ2n) is 4.67. The van der Waals surface area contributed by atoms with Crippen LogP contribution >= 0.6 is 15.9 Å². The van der Waals surface area contributed by atoms with E-state index in [0.29, 0.717) is 21.3 Å². The molecule has 0 aromatic heterocycles. The van der Waals surface area contributed by atoms with Gasteiger partial charge in [0.05, 0.1) is 4.90 Å². The molecule has 116 valence electrons. The van der Waals surface area contributed by atoms with Gasteiger partial charge < -0.3 is 5.32 Å². The molecule has 7 heteroatoms. The SMILES string of the molecule is CNC(=O)c1ccc(NS(=O)(=O)c2cc(Br)ccc2C)cc1. The van der Waals surface area contributed by atoms with Crippen molar-refractivity contribution in [1.29, 1.82) is 0 Å². The number of sulfonamides is 1. The molecule has 5 nitrogen and oxygen atoms in total. The summed E-state index contributed by atoms with van der Waals surface area (Å²) in [7, 11) is -2.15. The standard InChI is InChI=1S/C15H15BrN2O3S/c1-10-3-6-12(16)9-14(10)22(20,21)18-13-7-4-11(5-8-13)15(19)17-2/h3-9,18H,1-2H3,(H,17,19). The number of hydrogen-bond acceptors (Lipinski definition) is 3. The Balaban J connectivity index is 2.29. The molecule has 0 fully saturated rings. The number of aryl methyl sites for hydroxylation is 1. The third-order valence-electron chi connectivity index (χ3n) is 3.07. The summed E-state index contributed by atoms with van der Waals surface area (Å²) in [5.74, 6) is -0.225. The van der Waals surface area contributed by atoms with Crippen LogP contribution in [0.15, 0.2) is 51.8 Å². The molecule has 2 N–H and O–H groups in total. The smallest absolute Gasteiger partial charge is 0.262 e. The molecule has 2 rings (SSSR count). The number of nitrogens with one attached hydrogen (secondary N) is 2. The summed E-state index contributed by atoms with van der Waals surface area (Å²) in [5, 5.41) is 2.51. The molecule has 0 bridgehead atoms. The van der Waals surface area contributed by atoms with E-state index in [1.54, 1.807) is 49.4 Å². The summed E-state index contributed by atoms with van der Waals surface area (Å²) in [6, 6.07) is 11.3. The van der Waals surface area contributed by atoms with E-state index in [9.17, 15) is 13.2 Å². The Labute approximate surface area is 137 Å². The topological polar surface area (TPSA) is 75.3 Å². The fourth-order valence-electron chi connectivity index (χ4n) is 1.91. The number of amides is 1. The first-order valence-corrected chi connectivity index (χ1v) is 8.72. The van der Waals surface area contributed by atoms with Crippen molar-refractivity contribution in [2.45, 2.75) is 11.8 Å². The largest absolute Gasteiger partial charge is 0.355 e. The maximum absolute atomic E-state index is 12.4. The Kier molecular flexibility index (Phi) is 4.87. The molecule has 22 heavy (non-hydrogen) atoms. The van der Waals surface area contributed by atoms with Gasteiger partial charge in [0, 0.05) is 22.8 Å². The summed E-state index contributed by atoms with van der Waals surface area (Å²) >= 11 is 3.27. The molecule has 0 saturated heterocycles. The molecule has 2 aromatic rings. The lowest BCUT2D eigenvalue weighted by molar-refractivity contribution is 0.0963. The van der Waals surface area contributed by atoms with Gasteiger partial charge in [0.1, 0.15) is 0 Å². The number of hydrogen-bond donors (Lipinski definition) is 2. The highest BCUT2D eigenvalue weighted by molar-refractivity contribution is 9.10. The van der Waals surface area contributed by atoms with Crippen LogP contribution in [0.5, 0.6) is 0 Å². The molecule has 0 aliphatic heterocycles. The van der Waals surface area contributed by atoms with Gasteiger partial charge in [0.2, 0.25) is 0 Å². The Morgan fingerprint density at radius 1 is 1.09 bits per heavy atom. The summed E-state index contributed by atoms with van der Waals surface area (Å²) in [6.07, 6.45) is 0. The van der Waals surface area contributed by atoms with E-state index in [-0.39, 0.29) is 10.8 Å². The van der Waals surface area contributed by atoms with Crippen molar-refractivity contribution in [3.63, 3.8) is 0 Å². The van der Waals surface area contributed by atoms with E-state index in [2.05, 4.69) is 26.0 Å². The van der Waals surface area contributed by atoms with E-state index in [0.717, 1.165) is 0 Å². The second-order valence-corrected chi connectivity index (χ2v) is 7.24. The molecule has 0 aliphatic carbocycles. The van der Waals surface area contributed by atoms with Crippen LogP contribution in [0.2, 0.25) is 0 Å². The first-order valence-electron chi connectivity index (χ1n) is 6.44. The summed E-state index contributed by atoms with van der Waals surface area (Å²) < 4.78 is 28.1. The van der Waals surface area contributed by atoms with E-state index < -0.39 is 10.0 Å². The molecule has 0 heterocycles. The molecule has 0 atom stereocenters. The Morgan fingerprint density at radius 2 is 1.73 bits per heavy atom. The molecule has 0 aliphatic rings. The number of carbonyl (C=O) groups is 1. The van der Waals surface area contributed by atoms with Gasteiger partial charge in [-0.3, -0.25) is 9.52 Å². The van der Waals surface area contributed by atoms with Gasteiger partial charge in [-0.1, -0.05) is 22.0 Å². The number of anilines is 1. The van der Waals surface area contributed by atoms with Crippen LogP contribution in [-0.2, 0) is 10.0 Å². The summed E-state index contributed by atoms with van der Waals surface area (Å²) in [4.78, 5) is 11.7. The maximum atomic E-state index is 12.4. The Hall–Kier alpha value is -1.86. The van der Waals surface area contributed by atoms with Gasteiger partial charge in [-0.15, -0.1) is 0 Å². The van der Waals surface area contributed by atoms with Gasteiger partial charge >= 0.3 is 0 Å². The normalized spacial score (nSPS) is 11.0. The third kappa shape index (κ3) is 3.66. The van der Waals surface area contributed by atoms with Crippen molar-refractivity contribution in [2.75, 3.05) is 11.8 Å². The second kappa shape index (κ2) is 6.50. The van der Waals surface area contributed by atoms with Crippen molar-refractivity contribution in [3.8, 4) is 0 Å². The molecular formula is C15H15BrN2O3S. The van der Waals surface area contributed by atoms with Crippen molar-refractivity contribution in [3.05, 3.63) is 58.1 Å². The monoisotopic (exact) mass is 382 g/mol. The lowest BCUT2D eigenvalue weighted by atomic mass is 10.2. The molecule has 0 radical (unpaired) electrons. The van der Waals surface area contributed by atoms with E-state index in [1.165, 1.54) is 7.05 Å². The zero-order chi connectivity index (χ0) is 16.3. The van der Waals surface area contributed by atoms with E-state index in [1.807, 2.05) is 0 Å². The molecule has 0 saturated carbocycles. The zero-order valence-corrected chi connectivity index (χ0v) is 14.5. The van der Waals surface area contributed by atoms with Crippen LogP contribution in [-0.4, -0.2) is 21.4 Å². The van der Waals surface area contributed by atoms with Crippen LogP contribution in [0.1, 0.15) is 15.9 Å². The average Bonchev–Trinajstić information content (AvgIpc) is 2.49. The van der Waals surface area contributed by atoms with Crippen molar-refractivity contribution in [2.24, 2.45) is 0 Å². The highest BCUT2D eigenvalue weighted by Crippen LogP contribution is 2.23. The number of benzene rings is 2. The molecule has 2 aromatic carbocycles. The fourth-order valence-corrected chi connectivity index (χ4v) is 3.75. The Bertz CT molecular complexity index is 802. The highest BCUT2D eigenvalue weighted by atomic mass is 79.9. The third-order valence-corrected chi connectivity index (χ3v) is 5.08. The molecule has 0 spiro atoms. The number of carbonyl (C=O) groups excluding carboxylic acids is 1. The minimum atomic E-state index is -3.69. The molecule has 1 amide bonds. The quantitative estimate of drug-likeness (QED) is 0.853. The highest BCUT2D eigenvalue weighted by Gasteiger charge is 2.17. The predicted octanol–water partition coefficient (Wildman–Crippen LogP) is 2.92. The lowest BCUT2D eigenvalue weighted by Gasteiger charge is -2.11. The van der Waals surface area contributed by atoms with Crippen LogP contribution in [0.4, 0.5) is 5.69 Å². The van der Waals surface area contributed by atoms with Crippen molar-refractivity contribution >= 4 is 37.5 Å². The van der Waals surface area contributed by atoms with Gasteiger partial charge in [0.15, 0.2) is 0 Å². The van der Waals surface area contributed by atoms with Gasteiger partial charge in [-0.25, -0.2) is 8.42 Å². The predicted molar refractivity (Wildman–Crippen MR) is 89.5 cm³/mol. The van der Waals surface area contributed by atoms with E-state index in [4.69, 9.17) is 0 Å². The number of rotatable bonds is 4. The van der Waals surface area contributed by atoms with Crippen molar-refractivity contribution < 1.29 is 13.2 Å². The van der Waals surface area contributed by atoms with Crippen LogP contribution < -0.4 is 10.0 Å². The maximum Gasteiger partial charge on any atom is 0.262 e. The average molecular weight is 383 g/mol. The van der Waals surface area contributed by atoms with E-state index >= 15 is 0 Å². The Morgan fingerprint density at radius 3 is 2.32 bits per heavy atom. The zero-order valence-electron chi connectivity index (χ0n) is 12.1. The summed E-state index contributed by atoms with van der Waals surface area (Å²) in [5.41, 5.74) is 1.51. The van der Waals surface area contributed by atoms with Crippen LogP contribution in [0.3, 0.4) is 0 Å². The fraction of sp³-hybridized carbons (Fsp3) is 0.133. The van der Waals surface area contributed by atoms with Gasteiger partial charge in [0.25, 0.3) is 15.9 Å². The lowest BCUT2D eigenvalue weighted by Crippen LogP contribution is -2.18. The van der Waals surface area contributed by atoms with Gasteiger partial charge in [-0.05, 0) is 48.9 Å². The summed E-state index contributed by atoms with van der Waals surface area (Å²) in [6.45, 7) is 1.73. The van der Waals surface area contributed by atoms with Gasteiger partial charge in [-0.2, -0.15) is 0 Å². The minimum absolute atomic E-state index is 0.206. The van der Waals surface area contributed by atoms with Crippen LogP contribution in [0.25, 0.3) is 0 Å². The molecule has 0 unspecified atom stereocenters. The molecular weight excluding hydrogens is 368 g/mol. The first kappa shape index (κ1) is 16.5. The first-order chi connectivity index (χ1) is 10.3. The minimum Gasteiger partial charge on any atom is -0.355 e. The van der Waals surface area contributed by atoms with Crippen molar-refractivity contribution in [1.82, 2.24) is 5.32 Å². The number of halogens is 1.